The number of nitrogens with zero attached hydrogens (tertiary/aromatic N) is 3. The summed E-state index contributed by atoms with van der Waals surface area (Å²) in [7, 11) is 0. The predicted octanol–water partition coefficient (Wildman–Crippen LogP) is 2.50. The van der Waals surface area contributed by atoms with E-state index in [1.165, 1.54) is 12.3 Å². The van der Waals surface area contributed by atoms with Crippen LogP contribution < -0.4 is 10.7 Å². The fraction of sp³-hybridized carbons (Fsp3) is 0.111. The van der Waals surface area contributed by atoms with E-state index in [1.807, 2.05) is 37.3 Å². The van der Waals surface area contributed by atoms with Gasteiger partial charge in [0.1, 0.15) is 0 Å². The van der Waals surface area contributed by atoms with Crippen LogP contribution in [0.25, 0.3) is 5.69 Å². The van der Waals surface area contributed by atoms with E-state index in [2.05, 4.69) is 15.4 Å². The third kappa shape index (κ3) is 3.22. The highest BCUT2D eigenvalue weighted by atomic mass is 16.2. The van der Waals surface area contributed by atoms with Crippen molar-refractivity contribution in [1.29, 1.82) is 0 Å². The Labute approximate surface area is 138 Å². The first-order valence-electron chi connectivity index (χ1n) is 7.44. The van der Waals surface area contributed by atoms with Crippen LogP contribution in [0.15, 0.2) is 59.7 Å². The SMILES string of the molecule is Cc1cncc(NC(=O)c2nn(-c3ccccc3)c(C)cc2=O)c1. The van der Waals surface area contributed by atoms with Gasteiger partial charge in [-0.25, -0.2) is 4.68 Å². The summed E-state index contributed by atoms with van der Waals surface area (Å²) in [4.78, 5) is 28.6. The molecule has 3 rings (SSSR count). The van der Waals surface area contributed by atoms with Gasteiger partial charge in [-0.05, 0) is 37.6 Å². The second kappa shape index (κ2) is 6.45. The van der Waals surface area contributed by atoms with Crippen molar-refractivity contribution in [2.75, 3.05) is 5.32 Å². The molecule has 6 nitrogen and oxygen atoms in total. The van der Waals surface area contributed by atoms with E-state index in [0.717, 1.165) is 11.3 Å². The lowest BCUT2D eigenvalue weighted by atomic mass is 10.2. The van der Waals surface area contributed by atoms with Gasteiger partial charge in [-0.3, -0.25) is 14.6 Å². The number of benzene rings is 1. The summed E-state index contributed by atoms with van der Waals surface area (Å²) in [6.45, 7) is 3.64. The number of amides is 1. The van der Waals surface area contributed by atoms with Crippen molar-refractivity contribution < 1.29 is 4.79 Å². The van der Waals surface area contributed by atoms with Crippen LogP contribution in [-0.2, 0) is 0 Å². The summed E-state index contributed by atoms with van der Waals surface area (Å²) < 4.78 is 1.57. The monoisotopic (exact) mass is 320 g/mol. The highest BCUT2D eigenvalue weighted by Gasteiger charge is 2.15. The molecule has 0 unspecified atom stereocenters. The maximum absolute atomic E-state index is 12.4. The Balaban J connectivity index is 1.99. The van der Waals surface area contributed by atoms with Gasteiger partial charge in [-0.1, -0.05) is 18.2 Å². The molecule has 0 fully saturated rings. The Kier molecular flexibility index (Phi) is 4.20. The van der Waals surface area contributed by atoms with E-state index >= 15 is 0 Å². The molecular formula is C18H16N4O2. The van der Waals surface area contributed by atoms with Crippen LogP contribution in [0.1, 0.15) is 21.7 Å². The molecule has 2 heterocycles. The molecule has 1 aromatic carbocycles. The van der Waals surface area contributed by atoms with Crippen LogP contribution in [0.2, 0.25) is 0 Å². The Morgan fingerprint density at radius 1 is 1.08 bits per heavy atom. The lowest BCUT2D eigenvalue weighted by molar-refractivity contribution is 0.101. The number of nitrogens with one attached hydrogen (secondary N) is 1. The molecule has 0 atom stereocenters. The summed E-state index contributed by atoms with van der Waals surface area (Å²) in [5, 5.41) is 6.89. The standard InChI is InChI=1S/C18H16N4O2/c1-12-8-14(11-19-10-12)20-18(24)17-16(23)9-13(2)22(21-17)15-6-4-3-5-7-15/h3-11H,1-2H3,(H,20,24). The van der Waals surface area contributed by atoms with Crippen molar-refractivity contribution in [2.45, 2.75) is 13.8 Å². The van der Waals surface area contributed by atoms with Gasteiger partial charge in [0.05, 0.1) is 17.6 Å². The molecule has 0 saturated heterocycles. The lowest BCUT2D eigenvalue weighted by Crippen LogP contribution is -2.26. The van der Waals surface area contributed by atoms with Gasteiger partial charge < -0.3 is 5.32 Å². The van der Waals surface area contributed by atoms with Gasteiger partial charge in [-0.2, -0.15) is 5.10 Å². The fourth-order valence-electron chi connectivity index (χ4n) is 2.35. The van der Waals surface area contributed by atoms with Crippen LogP contribution in [0.3, 0.4) is 0 Å². The Morgan fingerprint density at radius 2 is 1.83 bits per heavy atom. The number of hydrogen-bond donors (Lipinski definition) is 1. The summed E-state index contributed by atoms with van der Waals surface area (Å²) in [5.74, 6) is -0.558. The summed E-state index contributed by atoms with van der Waals surface area (Å²) in [5.41, 5.74) is 2.28. The molecule has 24 heavy (non-hydrogen) atoms. The smallest absolute Gasteiger partial charge is 0.280 e. The summed E-state index contributed by atoms with van der Waals surface area (Å²) in [6, 6.07) is 12.5. The number of hydrogen-bond acceptors (Lipinski definition) is 4. The van der Waals surface area contributed by atoms with Gasteiger partial charge in [0, 0.05) is 18.0 Å². The minimum atomic E-state index is -0.558. The van der Waals surface area contributed by atoms with E-state index in [1.54, 1.807) is 23.9 Å². The Bertz CT molecular complexity index is 949. The van der Waals surface area contributed by atoms with Crippen LogP contribution in [0.4, 0.5) is 5.69 Å². The minimum Gasteiger partial charge on any atom is -0.319 e. The van der Waals surface area contributed by atoms with Crippen molar-refractivity contribution >= 4 is 11.6 Å². The molecule has 0 aliphatic rings. The van der Waals surface area contributed by atoms with Gasteiger partial charge in [0.15, 0.2) is 5.69 Å². The normalized spacial score (nSPS) is 10.4. The molecule has 0 radical (unpaired) electrons. The number of anilines is 1. The third-order valence-corrected chi connectivity index (χ3v) is 3.46. The van der Waals surface area contributed by atoms with Crippen molar-refractivity contribution in [3.8, 4) is 5.69 Å². The second-order valence-corrected chi connectivity index (χ2v) is 5.45. The third-order valence-electron chi connectivity index (χ3n) is 3.46. The molecule has 3 aromatic rings. The largest absolute Gasteiger partial charge is 0.319 e. The number of carbonyl (C=O) groups is 1. The van der Waals surface area contributed by atoms with Crippen molar-refractivity contribution in [3.63, 3.8) is 0 Å². The van der Waals surface area contributed by atoms with Crippen molar-refractivity contribution in [3.05, 3.63) is 82.0 Å². The number of aryl methyl sites for hydroxylation is 2. The number of aromatic nitrogens is 3. The number of para-hydroxylation sites is 1. The lowest BCUT2D eigenvalue weighted by Gasteiger charge is -2.11. The first-order valence-corrected chi connectivity index (χ1v) is 7.44. The molecule has 120 valence electrons. The summed E-state index contributed by atoms with van der Waals surface area (Å²) >= 11 is 0. The quantitative estimate of drug-likeness (QED) is 0.804. The van der Waals surface area contributed by atoms with Crippen LogP contribution in [-0.4, -0.2) is 20.7 Å². The maximum Gasteiger partial charge on any atom is 0.280 e. The molecule has 6 heteroatoms. The maximum atomic E-state index is 12.4. The van der Waals surface area contributed by atoms with E-state index in [9.17, 15) is 9.59 Å². The molecule has 2 aromatic heterocycles. The van der Waals surface area contributed by atoms with Crippen LogP contribution in [0.5, 0.6) is 0 Å². The zero-order chi connectivity index (χ0) is 17.1. The number of pyridine rings is 1. The van der Waals surface area contributed by atoms with E-state index in [-0.39, 0.29) is 5.69 Å². The van der Waals surface area contributed by atoms with E-state index < -0.39 is 11.3 Å². The van der Waals surface area contributed by atoms with Crippen molar-refractivity contribution in [2.24, 2.45) is 0 Å². The molecule has 0 spiro atoms. The topological polar surface area (TPSA) is 76.9 Å². The average molecular weight is 320 g/mol. The van der Waals surface area contributed by atoms with E-state index in [4.69, 9.17) is 0 Å². The molecule has 0 bridgehead atoms. The van der Waals surface area contributed by atoms with Crippen molar-refractivity contribution in [1.82, 2.24) is 14.8 Å². The van der Waals surface area contributed by atoms with Gasteiger partial charge in [0.2, 0.25) is 5.43 Å². The molecule has 1 N–H and O–H groups in total. The highest BCUT2D eigenvalue weighted by Crippen LogP contribution is 2.10. The zero-order valence-electron chi connectivity index (χ0n) is 13.4. The number of carbonyl (C=O) groups excluding carboxylic acids is 1. The summed E-state index contributed by atoms with van der Waals surface area (Å²) in [6.07, 6.45) is 3.21. The highest BCUT2D eigenvalue weighted by molar-refractivity contribution is 6.02. The number of rotatable bonds is 3. The Morgan fingerprint density at radius 3 is 2.54 bits per heavy atom. The molecule has 0 aliphatic carbocycles. The first-order chi connectivity index (χ1) is 11.5. The Hall–Kier alpha value is -3.28. The van der Waals surface area contributed by atoms with E-state index in [0.29, 0.717) is 11.4 Å². The minimum absolute atomic E-state index is 0.161. The van der Waals surface area contributed by atoms with Crippen LogP contribution in [0, 0.1) is 13.8 Å². The molecule has 0 aliphatic heterocycles. The molecule has 1 amide bonds. The average Bonchev–Trinajstić information content (AvgIpc) is 2.55. The second-order valence-electron chi connectivity index (χ2n) is 5.45. The molecular weight excluding hydrogens is 304 g/mol. The van der Waals surface area contributed by atoms with Gasteiger partial charge in [0.25, 0.3) is 5.91 Å². The molecule has 0 saturated carbocycles. The fourth-order valence-corrected chi connectivity index (χ4v) is 2.35. The first kappa shape index (κ1) is 15.6. The zero-order valence-corrected chi connectivity index (χ0v) is 13.4. The predicted molar refractivity (Wildman–Crippen MR) is 91.5 cm³/mol. The van der Waals surface area contributed by atoms with Crippen LogP contribution >= 0.6 is 0 Å². The van der Waals surface area contributed by atoms with Gasteiger partial charge >= 0.3 is 0 Å². The van der Waals surface area contributed by atoms with Gasteiger partial charge in [-0.15, -0.1) is 0 Å².